The number of halogens is 1. The van der Waals surface area contributed by atoms with E-state index in [-0.39, 0.29) is 11.3 Å². The molecule has 1 aliphatic rings. The number of carbonyl (C=O) groups excluding carboxylic acids is 1. The van der Waals surface area contributed by atoms with Crippen LogP contribution in [0, 0.1) is 5.41 Å². The van der Waals surface area contributed by atoms with Crippen molar-refractivity contribution >= 4 is 27.7 Å². The van der Waals surface area contributed by atoms with Crippen LogP contribution in [0.15, 0.2) is 17.0 Å². The zero-order valence-electron chi connectivity index (χ0n) is 11.1. The smallest absolute Gasteiger partial charge is 0.233 e. The molecule has 0 spiro atoms. The van der Waals surface area contributed by atoms with Gasteiger partial charge in [-0.05, 0) is 41.7 Å². The van der Waals surface area contributed by atoms with E-state index in [1.165, 1.54) is 0 Å². The third-order valence-electron chi connectivity index (χ3n) is 3.54. The predicted molar refractivity (Wildman–Crippen MR) is 77.8 cm³/mol. The van der Waals surface area contributed by atoms with Crippen LogP contribution in [0.1, 0.15) is 32.6 Å². The number of piperidine rings is 1. The van der Waals surface area contributed by atoms with Crippen LogP contribution in [-0.4, -0.2) is 29.0 Å². The number of nitrogens with one attached hydrogen (secondary N) is 2. The molecule has 19 heavy (non-hydrogen) atoms. The van der Waals surface area contributed by atoms with Gasteiger partial charge in [-0.3, -0.25) is 4.79 Å². The third-order valence-corrected chi connectivity index (χ3v) is 3.95. The van der Waals surface area contributed by atoms with E-state index < -0.39 is 0 Å². The summed E-state index contributed by atoms with van der Waals surface area (Å²) in [6.07, 6.45) is 7.03. The Morgan fingerprint density at radius 2 is 2.37 bits per heavy atom. The molecular weight excluding hydrogens is 308 g/mol. The van der Waals surface area contributed by atoms with Crippen molar-refractivity contribution < 1.29 is 4.79 Å². The Kier molecular flexibility index (Phi) is 4.87. The van der Waals surface area contributed by atoms with Gasteiger partial charge in [0.1, 0.15) is 4.60 Å². The Labute approximate surface area is 121 Å². The summed E-state index contributed by atoms with van der Waals surface area (Å²) in [5.74, 6) is 0.562. The van der Waals surface area contributed by atoms with Crippen molar-refractivity contribution in [3.63, 3.8) is 0 Å². The lowest BCUT2D eigenvalue weighted by Crippen LogP contribution is -2.48. The number of rotatable bonds is 4. The van der Waals surface area contributed by atoms with Crippen LogP contribution in [0.25, 0.3) is 0 Å². The molecule has 6 heteroatoms. The summed E-state index contributed by atoms with van der Waals surface area (Å²) in [5, 5.41) is 6.22. The zero-order valence-corrected chi connectivity index (χ0v) is 12.7. The van der Waals surface area contributed by atoms with Gasteiger partial charge in [0.2, 0.25) is 5.91 Å². The van der Waals surface area contributed by atoms with Gasteiger partial charge in [-0.2, -0.15) is 0 Å². The van der Waals surface area contributed by atoms with Gasteiger partial charge < -0.3 is 10.6 Å². The molecule has 1 saturated heterocycles. The number of aromatic nitrogens is 2. The zero-order chi connectivity index (χ0) is 13.7. The standard InChI is InChI=1S/C13H19BrN4O/c1-2-4-13(5-3-6-15-9-13)12(19)18-11-8-16-10(14)7-17-11/h7-8,15H,2-6,9H2,1H3,(H,17,18,19). The van der Waals surface area contributed by atoms with Crippen LogP contribution in [0.5, 0.6) is 0 Å². The summed E-state index contributed by atoms with van der Waals surface area (Å²) in [4.78, 5) is 20.7. The van der Waals surface area contributed by atoms with Gasteiger partial charge in [0.05, 0.1) is 17.8 Å². The van der Waals surface area contributed by atoms with E-state index in [0.29, 0.717) is 10.4 Å². The molecular formula is C13H19BrN4O. The van der Waals surface area contributed by atoms with Gasteiger partial charge in [-0.25, -0.2) is 9.97 Å². The molecule has 1 unspecified atom stereocenters. The van der Waals surface area contributed by atoms with Crippen molar-refractivity contribution in [2.45, 2.75) is 32.6 Å². The van der Waals surface area contributed by atoms with Crippen molar-refractivity contribution in [1.82, 2.24) is 15.3 Å². The molecule has 0 saturated carbocycles. The van der Waals surface area contributed by atoms with Crippen molar-refractivity contribution in [2.75, 3.05) is 18.4 Å². The Balaban J connectivity index is 2.09. The fraction of sp³-hybridized carbons (Fsp3) is 0.615. The second kappa shape index (κ2) is 6.43. The number of hydrogen-bond acceptors (Lipinski definition) is 4. The third kappa shape index (κ3) is 3.51. The van der Waals surface area contributed by atoms with Crippen LogP contribution < -0.4 is 10.6 Å². The molecule has 0 aromatic carbocycles. The van der Waals surface area contributed by atoms with E-state index in [0.717, 1.165) is 38.8 Å². The molecule has 0 radical (unpaired) electrons. The first kappa shape index (κ1) is 14.4. The van der Waals surface area contributed by atoms with Gasteiger partial charge in [0.25, 0.3) is 0 Å². The highest BCUT2D eigenvalue weighted by Gasteiger charge is 2.38. The lowest BCUT2D eigenvalue weighted by atomic mass is 9.76. The highest BCUT2D eigenvalue weighted by molar-refractivity contribution is 9.10. The molecule has 0 bridgehead atoms. The minimum atomic E-state index is -0.304. The van der Waals surface area contributed by atoms with E-state index in [1.54, 1.807) is 12.4 Å². The Hall–Kier alpha value is -1.01. The van der Waals surface area contributed by atoms with Crippen LogP contribution >= 0.6 is 15.9 Å². The van der Waals surface area contributed by atoms with Crippen molar-refractivity contribution in [1.29, 1.82) is 0 Å². The molecule has 1 aromatic rings. The number of carbonyl (C=O) groups is 1. The lowest BCUT2D eigenvalue weighted by Gasteiger charge is -2.36. The lowest BCUT2D eigenvalue weighted by molar-refractivity contribution is -0.127. The van der Waals surface area contributed by atoms with Gasteiger partial charge >= 0.3 is 0 Å². The highest BCUT2D eigenvalue weighted by Crippen LogP contribution is 2.32. The van der Waals surface area contributed by atoms with Crippen molar-refractivity contribution in [2.24, 2.45) is 5.41 Å². The molecule has 1 aliphatic heterocycles. The Morgan fingerprint density at radius 3 is 2.95 bits per heavy atom. The second-order valence-electron chi connectivity index (χ2n) is 4.99. The average Bonchev–Trinajstić information content (AvgIpc) is 2.43. The molecule has 1 fully saturated rings. The molecule has 1 atom stereocenters. The van der Waals surface area contributed by atoms with Crippen LogP contribution in [-0.2, 0) is 4.79 Å². The van der Waals surface area contributed by atoms with E-state index in [4.69, 9.17) is 0 Å². The molecule has 1 aromatic heterocycles. The quantitative estimate of drug-likeness (QED) is 0.891. The maximum Gasteiger partial charge on any atom is 0.233 e. The van der Waals surface area contributed by atoms with Gasteiger partial charge in [-0.1, -0.05) is 13.3 Å². The van der Waals surface area contributed by atoms with Crippen molar-refractivity contribution in [3.05, 3.63) is 17.0 Å². The normalized spacial score (nSPS) is 23.1. The minimum absolute atomic E-state index is 0.0539. The SMILES string of the molecule is CCCC1(C(=O)Nc2cnc(Br)cn2)CCCNC1. The van der Waals surface area contributed by atoms with Crippen LogP contribution in [0.2, 0.25) is 0 Å². The number of anilines is 1. The molecule has 0 aliphatic carbocycles. The van der Waals surface area contributed by atoms with E-state index in [1.807, 2.05) is 0 Å². The monoisotopic (exact) mass is 326 g/mol. The molecule has 5 nitrogen and oxygen atoms in total. The first-order valence-corrected chi connectivity index (χ1v) is 7.45. The largest absolute Gasteiger partial charge is 0.316 e. The molecule has 2 heterocycles. The summed E-state index contributed by atoms with van der Waals surface area (Å²) in [6.45, 7) is 3.86. The summed E-state index contributed by atoms with van der Waals surface area (Å²) >= 11 is 3.23. The summed E-state index contributed by atoms with van der Waals surface area (Å²) in [6, 6.07) is 0. The topological polar surface area (TPSA) is 66.9 Å². The predicted octanol–water partition coefficient (Wildman–Crippen LogP) is 2.35. The maximum atomic E-state index is 12.5. The maximum absolute atomic E-state index is 12.5. The summed E-state index contributed by atoms with van der Waals surface area (Å²) in [5.41, 5.74) is -0.304. The van der Waals surface area contributed by atoms with E-state index in [2.05, 4.69) is 43.5 Å². The highest BCUT2D eigenvalue weighted by atomic mass is 79.9. The fourth-order valence-electron chi connectivity index (χ4n) is 2.59. The number of nitrogens with zero attached hydrogens (tertiary/aromatic N) is 2. The fourth-order valence-corrected chi connectivity index (χ4v) is 2.80. The molecule has 2 rings (SSSR count). The molecule has 1 amide bonds. The number of hydrogen-bond donors (Lipinski definition) is 2. The van der Waals surface area contributed by atoms with Gasteiger partial charge in [-0.15, -0.1) is 0 Å². The first-order chi connectivity index (χ1) is 9.16. The Bertz CT molecular complexity index is 423. The van der Waals surface area contributed by atoms with Gasteiger partial charge in [0.15, 0.2) is 5.82 Å². The minimum Gasteiger partial charge on any atom is -0.316 e. The second-order valence-corrected chi connectivity index (χ2v) is 5.80. The van der Waals surface area contributed by atoms with E-state index in [9.17, 15) is 4.79 Å². The van der Waals surface area contributed by atoms with E-state index >= 15 is 0 Å². The first-order valence-electron chi connectivity index (χ1n) is 6.66. The van der Waals surface area contributed by atoms with Crippen LogP contribution in [0.3, 0.4) is 0 Å². The van der Waals surface area contributed by atoms with Gasteiger partial charge in [0, 0.05) is 6.54 Å². The summed E-state index contributed by atoms with van der Waals surface area (Å²) < 4.78 is 0.660. The summed E-state index contributed by atoms with van der Waals surface area (Å²) in [7, 11) is 0. The molecule has 104 valence electrons. The molecule has 2 N–H and O–H groups in total. The van der Waals surface area contributed by atoms with Crippen LogP contribution in [0.4, 0.5) is 5.82 Å². The average molecular weight is 327 g/mol. The van der Waals surface area contributed by atoms with Crippen molar-refractivity contribution in [3.8, 4) is 0 Å². The number of amides is 1. The Morgan fingerprint density at radius 1 is 1.53 bits per heavy atom.